The second-order valence-electron chi connectivity index (χ2n) is 6.74. The Balaban J connectivity index is 1.55. The zero-order valence-electron chi connectivity index (χ0n) is 15.3. The lowest BCUT2D eigenvalue weighted by molar-refractivity contribution is 0.0700. The van der Waals surface area contributed by atoms with E-state index in [9.17, 15) is 4.79 Å². The highest BCUT2D eigenvalue weighted by Gasteiger charge is 2.27. The molecule has 4 rings (SSSR count). The van der Waals surface area contributed by atoms with Gasteiger partial charge in [-0.15, -0.1) is 0 Å². The Labute approximate surface area is 158 Å². The van der Waals surface area contributed by atoms with E-state index < -0.39 is 0 Å². The molecule has 0 radical (unpaired) electrons. The maximum atomic E-state index is 12.6. The number of benzene rings is 1. The lowest BCUT2D eigenvalue weighted by Crippen LogP contribution is -2.39. The van der Waals surface area contributed by atoms with E-state index in [0.717, 1.165) is 42.1 Å². The molecule has 0 spiro atoms. The van der Waals surface area contributed by atoms with E-state index in [1.165, 1.54) is 0 Å². The number of H-pyrrole nitrogens is 1. The topological polar surface area (TPSA) is 71.1 Å². The minimum Gasteiger partial charge on any atom is -0.497 e. The molecular weight excluding hydrogens is 340 g/mol. The summed E-state index contributed by atoms with van der Waals surface area (Å²) in [6.07, 6.45) is 3.60. The monoisotopic (exact) mass is 362 g/mol. The van der Waals surface area contributed by atoms with Gasteiger partial charge >= 0.3 is 0 Å². The van der Waals surface area contributed by atoms with Gasteiger partial charge in [-0.25, -0.2) is 0 Å². The van der Waals surface area contributed by atoms with Gasteiger partial charge in [-0.2, -0.15) is 5.10 Å². The molecule has 1 aliphatic heterocycles. The molecule has 0 unspecified atom stereocenters. The normalized spacial score (nSPS) is 16.9. The highest BCUT2D eigenvalue weighted by molar-refractivity contribution is 5.92. The fraction of sp³-hybridized carbons (Fsp3) is 0.286. The number of piperidine rings is 1. The molecule has 1 saturated heterocycles. The van der Waals surface area contributed by atoms with Gasteiger partial charge < -0.3 is 9.64 Å². The van der Waals surface area contributed by atoms with E-state index in [4.69, 9.17) is 9.72 Å². The van der Waals surface area contributed by atoms with E-state index in [2.05, 4.69) is 16.3 Å². The molecule has 1 atom stereocenters. The van der Waals surface area contributed by atoms with Crippen LogP contribution in [0.1, 0.15) is 34.9 Å². The number of nitrogens with zero attached hydrogens (tertiary/aromatic N) is 3. The minimum atomic E-state index is 0.00107. The molecule has 1 N–H and O–H groups in total. The number of carbonyl (C=O) groups excluding carboxylic acids is 1. The smallest absolute Gasteiger partial charge is 0.271 e. The van der Waals surface area contributed by atoms with Gasteiger partial charge in [0.1, 0.15) is 11.4 Å². The Kier molecular flexibility index (Phi) is 4.87. The first-order valence-electron chi connectivity index (χ1n) is 9.14. The number of likely N-dealkylation sites (tertiary alicyclic amines) is 1. The molecule has 138 valence electrons. The number of aromatic nitrogens is 3. The minimum absolute atomic E-state index is 0.00107. The summed E-state index contributed by atoms with van der Waals surface area (Å²) in [6.45, 7) is 1.44. The number of amides is 1. The Morgan fingerprint density at radius 3 is 2.93 bits per heavy atom. The molecule has 1 amide bonds. The van der Waals surface area contributed by atoms with Crippen molar-refractivity contribution in [1.29, 1.82) is 0 Å². The number of hydrogen-bond donors (Lipinski definition) is 1. The van der Waals surface area contributed by atoms with Crippen molar-refractivity contribution < 1.29 is 9.53 Å². The van der Waals surface area contributed by atoms with Gasteiger partial charge in [0, 0.05) is 36.5 Å². The lowest BCUT2D eigenvalue weighted by atomic mass is 9.93. The fourth-order valence-corrected chi connectivity index (χ4v) is 3.57. The maximum Gasteiger partial charge on any atom is 0.271 e. The van der Waals surface area contributed by atoms with Crippen molar-refractivity contribution in [2.45, 2.75) is 18.8 Å². The first kappa shape index (κ1) is 17.3. The van der Waals surface area contributed by atoms with Crippen LogP contribution >= 0.6 is 0 Å². The molecule has 1 fully saturated rings. The number of ether oxygens (including phenoxy) is 1. The molecule has 6 nitrogen and oxygen atoms in total. The van der Waals surface area contributed by atoms with Crippen LogP contribution in [0.2, 0.25) is 0 Å². The predicted octanol–water partition coefficient (Wildman–Crippen LogP) is 3.50. The van der Waals surface area contributed by atoms with E-state index in [1.54, 1.807) is 19.4 Å². The number of hydrogen-bond acceptors (Lipinski definition) is 4. The summed E-state index contributed by atoms with van der Waals surface area (Å²) in [7, 11) is 1.66. The van der Waals surface area contributed by atoms with Crippen LogP contribution in [0.5, 0.6) is 5.75 Å². The Bertz CT molecular complexity index is 923. The van der Waals surface area contributed by atoms with Gasteiger partial charge in [-0.1, -0.05) is 18.2 Å². The van der Waals surface area contributed by atoms with Crippen LogP contribution < -0.4 is 4.74 Å². The molecule has 0 bridgehead atoms. The van der Waals surface area contributed by atoms with Crippen LogP contribution in [0, 0.1) is 0 Å². The number of methoxy groups -OCH3 is 1. The van der Waals surface area contributed by atoms with Gasteiger partial charge in [-0.3, -0.25) is 14.9 Å². The quantitative estimate of drug-likeness (QED) is 0.771. The first-order valence-corrected chi connectivity index (χ1v) is 9.14. The second-order valence-corrected chi connectivity index (χ2v) is 6.74. The Hall–Kier alpha value is -3.15. The summed E-state index contributed by atoms with van der Waals surface area (Å²) in [6, 6.07) is 15.7. The van der Waals surface area contributed by atoms with Crippen LogP contribution in [-0.4, -0.2) is 46.2 Å². The van der Waals surface area contributed by atoms with Crippen molar-refractivity contribution in [3.05, 3.63) is 66.1 Å². The zero-order valence-corrected chi connectivity index (χ0v) is 15.3. The summed E-state index contributed by atoms with van der Waals surface area (Å²) in [5, 5.41) is 6.64. The van der Waals surface area contributed by atoms with Crippen LogP contribution in [0.15, 0.2) is 54.7 Å². The van der Waals surface area contributed by atoms with Gasteiger partial charge in [0.05, 0.1) is 12.8 Å². The molecule has 3 heterocycles. The third kappa shape index (κ3) is 3.69. The summed E-state index contributed by atoms with van der Waals surface area (Å²) in [5.74, 6) is 1.05. The van der Waals surface area contributed by atoms with Gasteiger partial charge in [0.2, 0.25) is 0 Å². The largest absolute Gasteiger partial charge is 0.497 e. The SMILES string of the molecule is COc1cccc(-c2cccc([C@H]3CCCN(C(=O)c4ccn[nH]4)C3)n2)c1. The number of rotatable bonds is 4. The molecule has 1 aromatic carbocycles. The van der Waals surface area contributed by atoms with E-state index >= 15 is 0 Å². The predicted molar refractivity (Wildman–Crippen MR) is 103 cm³/mol. The molecule has 6 heteroatoms. The fourth-order valence-electron chi connectivity index (χ4n) is 3.57. The maximum absolute atomic E-state index is 12.6. The Morgan fingerprint density at radius 1 is 1.22 bits per heavy atom. The average molecular weight is 362 g/mol. The number of pyridine rings is 1. The van der Waals surface area contributed by atoms with Crippen LogP contribution in [0.25, 0.3) is 11.3 Å². The molecular formula is C21H22N4O2. The van der Waals surface area contributed by atoms with E-state index in [-0.39, 0.29) is 11.8 Å². The third-order valence-corrected chi connectivity index (χ3v) is 4.99. The van der Waals surface area contributed by atoms with Crippen LogP contribution in [0.4, 0.5) is 0 Å². The average Bonchev–Trinajstić information content (AvgIpc) is 3.28. The number of carbonyl (C=O) groups is 1. The highest BCUT2D eigenvalue weighted by Crippen LogP contribution is 2.29. The molecule has 0 saturated carbocycles. The summed E-state index contributed by atoms with van der Waals surface area (Å²) >= 11 is 0. The van der Waals surface area contributed by atoms with E-state index in [0.29, 0.717) is 12.2 Å². The number of aromatic amines is 1. The van der Waals surface area contributed by atoms with Gasteiger partial charge in [0.15, 0.2) is 0 Å². The van der Waals surface area contributed by atoms with Gasteiger partial charge in [-0.05, 0) is 43.2 Å². The van der Waals surface area contributed by atoms with Crippen molar-refractivity contribution in [2.24, 2.45) is 0 Å². The second kappa shape index (κ2) is 7.61. The molecule has 0 aliphatic carbocycles. The summed E-state index contributed by atoms with van der Waals surface area (Å²) in [4.78, 5) is 19.4. The van der Waals surface area contributed by atoms with Crippen LogP contribution in [0.3, 0.4) is 0 Å². The first-order chi connectivity index (χ1) is 13.2. The van der Waals surface area contributed by atoms with Gasteiger partial charge in [0.25, 0.3) is 5.91 Å². The number of nitrogens with one attached hydrogen (secondary N) is 1. The molecule has 1 aliphatic rings. The molecule has 2 aromatic heterocycles. The van der Waals surface area contributed by atoms with Crippen molar-refractivity contribution in [3.8, 4) is 17.0 Å². The Morgan fingerprint density at radius 2 is 2.11 bits per heavy atom. The third-order valence-electron chi connectivity index (χ3n) is 4.99. The molecule has 3 aromatic rings. The van der Waals surface area contributed by atoms with Crippen molar-refractivity contribution in [2.75, 3.05) is 20.2 Å². The van der Waals surface area contributed by atoms with Crippen LogP contribution in [-0.2, 0) is 0 Å². The highest BCUT2D eigenvalue weighted by atomic mass is 16.5. The lowest BCUT2D eigenvalue weighted by Gasteiger charge is -2.32. The summed E-state index contributed by atoms with van der Waals surface area (Å²) < 4.78 is 5.32. The van der Waals surface area contributed by atoms with Crippen molar-refractivity contribution in [1.82, 2.24) is 20.1 Å². The van der Waals surface area contributed by atoms with Crippen molar-refractivity contribution in [3.63, 3.8) is 0 Å². The molecule has 27 heavy (non-hydrogen) atoms. The van der Waals surface area contributed by atoms with Crippen molar-refractivity contribution >= 4 is 5.91 Å². The summed E-state index contributed by atoms with van der Waals surface area (Å²) in [5.41, 5.74) is 3.51. The van der Waals surface area contributed by atoms with E-state index in [1.807, 2.05) is 41.3 Å². The zero-order chi connectivity index (χ0) is 18.6. The standard InChI is InChI=1S/C21H22N4O2/c1-27-17-7-2-5-15(13-17)18-8-3-9-19(23-18)16-6-4-12-25(14-16)21(26)20-10-11-22-24-20/h2-3,5,7-11,13,16H,4,6,12,14H2,1H3,(H,22,24)/t16-/m0/s1.